The molecule has 2 saturated heterocycles. The zero-order valence-electron chi connectivity index (χ0n) is 15.9. The zero-order chi connectivity index (χ0) is 18.6. The van der Waals surface area contributed by atoms with E-state index in [0.717, 1.165) is 60.4 Å². The molecule has 7 heteroatoms. The highest BCUT2D eigenvalue weighted by molar-refractivity contribution is 7.22. The average molecular weight is 389 g/mol. The number of amides is 1. The quantitative estimate of drug-likeness (QED) is 0.824. The normalized spacial score (nSPS) is 22.0. The molecule has 1 aromatic carbocycles. The number of ether oxygens (including phenoxy) is 1. The van der Waals surface area contributed by atoms with Crippen molar-refractivity contribution < 1.29 is 9.53 Å². The number of carbonyl (C=O) groups is 1. The Kier molecular flexibility index (Phi) is 5.90. The molecule has 27 heavy (non-hydrogen) atoms. The third kappa shape index (κ3) is 4.59. The molecular formula is C20H28N4O2S. The van der Waals surface area contributed by atoms with Crippen LogP contribution in [0.25, 0.3) is 10.2 Å². The molecule has 3 heterocycles. The largest absolute Gasteiger partial charge is 0.378 e. The number of nitrogens with one attached hydrogen (secondary N) is 2. The third-order valence-corrected chi connectivity index (χ3v) is 6.67. The summed E-state index contributed by atoms with van der Waals surface area (Å²) in [6.45, 7) is 7.62. The smallest absolute Gasteiger partial charge is 0.224 e. The predicted molar refractivity (Wildman–Crippen MR) is 111 cm³/mol. The van der Waals surface area contributed by atoms with Gasteiger partial charge in [-0.15, -0.1) is 0 Å². The number of aromatic nitrogens is 1. The molecule has 2 aliphatic rings. The molecular weight excluding hydrogens is 360 g/mol. The molecule has 2 atom stereocenters. The number of carbonyl (C=O) groups excluding carboxylic acids is 1. The molecule has 0 saturated carbocycles. The summed E-state index contributed by atoms with van der Waals surface area (Å²) in [5, 5.41) is 7.56. The fourth-order valence-corrected chi connectivity index (χ4v) is 4.97. The fraction of sp³-hybridized carbons (Fsp3) is 0.600. The lowest BCUT2D eigenvalue weighted by molar-refractivity contribution is -0.117. The van der Waals surface area contributed by atoms with E-state index in [1.54, 1.807) is 11.3 Å². The van der Waals surface area contributed by atoms with Crippen molar-refractivity contribution in [1.29, 1.82) is 0 Å². The lowest BCUT2D eigenvalue weighted by Crippen LogP contribution is -2.36. The van der Waals surface area contributed by atoms with Gasteiger partial charge in [0.2, 0.25) is 5.91 Å². The van der Waals surface area contributed by atoms with Crippen LogP contribution in [-0.2, 0) is 9.53 Å². The SMILES string of the molecule is CC(CC(=O)Nc1ccc2nc(N3CCOCC3)sc2c1)C1CCCNC1. The second-order valence-corrected chi connectivity index (χ2v) is 8.62. The van der Waals surface area contributed by atoms with Gasteiger partial charge in [0.05, 0.1) is 23.4 Å². The third-order valence-electron chi connectivity index (χ3n) is 5.59. The van der Waals surface area contributed by atoms with Gasteiger partial charge in [-0.3, -0.25) is 4.79 Å². The molecule has 1 aromatic heterocycles. The Morgan fingerprint density at radius 2 is 2.30 bits per heavy atom. The van der Waals surface area contributed by atoms with Gasteiger partial charge < -0.3 is 20.3 Å². The first-order chi connectivity index (χ1) is 13.2. The highest BCUT2D eigenvalue weighted by Gasteiger charge is 2.22. The number of benzene rings is 1. The van der Waals surface area contributed by atoms with Crippen molar-refractivity contribution in [2.45, 2.75) is 26.2 Å². The fourth-order valence-electron chi connectivity index (χ4n) is 3.92. The molecule has 2 aliphatic heterocycles. The lowest BCUT2D eigenvalue weighted by atomic mass is 9.85. The van der Waals surface area contributed by atoms with Gasteiger partial charge in [0.1, 0.15) is 0 Å². The first-order valence-corrected chi connectivity index (χ1v) is 10.7. The minimum absolute atomic E-state index is 0.102. The molecule has 0 bridgehead atoms. The highest BCUT2D eigenvalue weighted by Crippen LogP contribution is 2.31. The standard InChI is InChI=1S/C20H28N4O2S/c1-14(15-3-2-6-21-13-15)11-19(25)22-16-4-5-17-18(12-16)27-20(23-17)24-7-9-26-10-8-24/h4-5,12,14-15,21H,2-3,6-11,13H2,1H3,(H,22,25). The number of nitrogens with zero attached hydrogens (tertiary/aromatic N) is 2. The van der Waals surface area contributed by atoms with Gasteiger partial charge in [0.15, 0.2) is 5.13 Å². The Morgan fingerprint density at radius 3 is 3.07 bits per heavy atom. The van der Waals surface area contributed by atoms with Crippen molar-refractivity contribution >= 4 is 38.3 Å². The van der Waals surface area contributed by atoms with Gasteiger partial charge >= 0.3 is 0 Å². The molecule has 0 spiro atoms. The van der Waals surface area contributed by atoms with Crippen molar-refractivity contribution in [3.05, 3.63) is 18.2 Å². The van der Waals surface area contributed by atoms with E-state index in [9.17, 15) is 4.79 Å². The van der Waals surface area contributed by atoms with Crippen LogP contribution in [0, 0.1) is 11.8 Å². The van der Waals surface area contributed by atoms with E-state index < -0.39 is 0 Å². The van der Waals surface area contributed by atoms with E-state index in [-0.39, 0.29) is 5.91 Å². The van der Waals surface area contributed by atoms with Crippen LogP contribution < -0.4 is 15.5 Å². The molecule has 4 rings (SSSR count). The van der Waals surface area contributed by atoms with Crippen LogP contribution >= 0.6 is 11.3 Å². The van der Waals surface area contributed by atoms with Crippen LogP contribution in [0.1, 0.15) is 26.2 Å². The summed E-state index contributed by atoms with van der Waals surface area (Å²) in [4.78, 5) is 19.5. The van der Waals surface area contributed by atoms with Crippen LogP contribution in [0.2, 0.25) is 0 Å². The second kappa shape index (κ2) is 8.54. The Hall–Kier alpha value is -1.70. The minimum Gasteiger partial charge on any atom is -0.378 e. The van der Waals surface area contributed by atoms with Crippen LogP contribution in [0.3, 0.4) is 0 Å². The maximum Gasteiger partial charge on any atom is 0.224 e. The molecule has 2 fully saturated rings. The molecule has 1 amide bonds. The summed E-state index contributed by atoms with van der Waals surface area (Å²) in [5.74, 6) is 1.10. The van der Waals surface area contributed by atoms with Crippen LogP contribution in [-0.4, -0.2) is 50.3 Å². The van der Waals surface area contributed by atoms with Crippen LogP contribution in [0.4, 0.5) is 10.8 Å². The average Bonchev–Trinajstić information content (AvgIpc) is 3.12. The second-order valence-electron chi connectivity index (χ2n) is 7.61. The van der Waals surface area contributed by atoms with Gasteiger partial charge in [-0.05, 0) is 56.0 Å². The first kappa shape index (κ1) is 18.7. The van der Waals surface area contributed by atoms with Crippen molar-refractivity contribution in [3.8, 4) is 0 Å². The zero-order valence-corrected chi connectivity index (χ0v) is 16.7. The molecule has 0 radical (unpaired) electrons. The monoisotopic (exact) mass is 388 g/mol. The Balaban J connectivity index is 1.38. The van der Waals surface area contributed by atoms with Crippen molar-refractivity contribution in [1.82, 2.24) is 10.3 Å². The number of morpholine rings is 1. The van der Waals surface area contributed by atoms with Crippen molar-refractivity contribution in [3.63, 3.8) is 0 Å². The summed E-state index contributed by atoms with van der Waals surface area (Å²) in [6.07, 6.45) is 3.01. The number of thiazole rings is 1. The minimum atomic E-state index is 0.102. The molecule has 0 aliphatic carbocycles. The number of hydrogen-bond acceptors (Lipinski definition) is 6. The first-order valence-electron chi connectivity index (χ1n) is 9.93. The van der Waals surface area contributed by atoms with Crippen molar-refractivity contribution in [2.24, 2.45) is 11.8 Å². The number of anilines is 2. The van der Waals surface area contributed by atoms with Gasteiger partial charge in [-0.1, -0.05) is 18.3 Å². The Morgan fingerprint density at radius 1 is 1.44 bits per heavy atom. The molecule has 146 valence electrons. The topological polar surface area (TPSA) is 66.5 Å². The summed E-state index contributed by atoms with van der Waals surface area (Å²) < 4.78 is 6.53. The van der Waals surface area contributed by atoms with E-state index in [0.29, 0.717) is 18.3 Å². The molecule has 2 N–H and O–H groups in total. The van der Waals surface area contributed by atoms with E-state index in [1.165, 1.54) is 12.8 Å². The lowest BCUT2D eigenvalue weighted by Gasteiger charge is -2.28. The summed E-state index contributed by atoms with van der Waals surface area (Å²) in [5.41, 5.74) is 1.85. The number of rotatable bonds is 5. The van der Waals surface area contributed by atoms with Gasteiger partial charge in [0.25, 0.3) is 0 Å². The van der Waals surface area contributed by atoms with E-state index >= 15 is 0 Å². The van der Waals surface area contributed by atoms with Crippen LogP contribution in [0.5, 0.6) is 0 Å². The maximum atomic E-state index is 12.5. The summed E-state index contributed by atoms with van der Waals surface area (Å²) in [7, 11) is 0. The van der Waals surface area contributed by atoms with Gasteiger partial charge in [0, 0.05) is 25.2 Å². The molecule has 2 aromatic rings. The number of piperidine rings is 1. The number of fused-ring (bicyclic) bond motifs is 1. The molecule has 2 unspecified atom stereocenters. The summed E-state index contributed by atoms with van der Waals surface area (Å²) in [6, 6.07) is 6.00. The van der Waals surface area contributed by atoms with Crippen molar-refractivity contribution in [2.75, 3.05) is 49.6 Å². The highest BCUT2D eigenvalue weighted by atomic mass is 32.1. The van der Waals surface area contributed by atoms with Gasteiger partial charge in [-0.25, -0.2) is 4.98 Å². The molecule has 6 nitrogen and oxygen atoms in total. The Bertz CT molecular complexity index is 781. The Labute approximate surface area is 164 Å². The van der Waals surface area contributed by atoms with E-state index in [4.69, 9.17) is 9.72 Å². The predicted octanol–water partition coefficient (Wildman–Crippen LogP) is 3.10. The van der Waals surface area contributed by atoms with Crippen LogP contribution in [0.15, 0.2) is 18.2 Å². The van der Waals surface area contributed by atoms with E-state index in [1.807, 2.05) is 18.2 Å². The van der Waals surface area contributed by atoms with Gasteiger partial charge in [-0.2, -0.15) is 0 Å². The van der Waals surface area contributed by atoms with E-state index in [2.05, 4.69) is 22.5 Å². The maximum absolute atomic E-state index is 12.5. The number of hydrogen-bond donors (Lipinski definition) is 2. The summed E-state index contributed by atoms with van der Waals surface area (Å²) >= 11 is 1.68.